The lowest BCUT2D eigenvalue weighted by Crippen LogP contribution is -2.25. The summed E-state index contributed by atoms with van der Waals surface area (Å²) in [5.74, 6) is 1.59. The fourth-order valence-electron chi connectivity index (χ4n) is 1.26. The Morgan fingerprint density at radius 3 is 2.78 bits per heavy atom. The van der Waals surface area contributed by atoms with Crippen LogP contribution >= 0.6 is 23.1 Å². The van der Waals surface area contributed by atoms with E-state index in [1.54, 1.807) is 23.1 Å². The van der Waals surface area contributed by atoms with E-state index in [2.05, 4.69) is 41.4 Å². The minimum absolute atomic E-state index is 0.00349. The molecule has 0 aliphatic rings. The zero-order valence-electron chi connectivity index (χ0n) is 10.9. The van der Waals surface area contributed by atoms with Gasteiger partial charge >= 0.3 is 0 Å². The summed E-state index contributed by atoms with van der Waals surface area (Å²) < 4.78 is 6.07. The molecule has 18 heavy (non-hydrogen) atoms. The molecule has 0 aliphatic heterocycles. The van der Waals surface area contributed by atoms with Crippen LogP contribution in [-0.2, 0) is 5.75 Å². The van der Waals surface area contributed by atoms with Gasteiger partial charge in [0.1, 0.15) is 5.76 Å². The molecule has 98 valence electrons. The summed E-state index contributed by atoms with van der Waals surface area (Å²) in [6, 6.07) is 1.93. The first kappa shape index (κ1) is 13.4. The maximum atomic E-state index is 5.14. The normalized spacial score (nSPS) is 11.8. The molecule has 0 atom stereocenters. The zero-order valence-corrected chi connectivity index (χ0v) is 12.5. The molecule has 0 bridgehead atoms. The Kier molecular flexibility index (Phi) is 3.91. The third-order valence-electron chi connectivity index (χ3n) is 1.90. The van der Waals surface area contributed by atoms with E-state index in [4.69, 9.17) is 4.52 Å². The van der Waals surface area contributed by atoms with Gasteiger partial charge < -0.3 is 9.84 Å². The number of thioether (sulfide) groups is 1. The summed E-state index contributed by atoms with van der Waals surface area (Å²) in [6.45, 7) is 8.20. The van der Waals surface area contributed by atoms with Gasteiger partial charge in [-0.15, -0.1) is 10.2 Å². The SMILES string of the molecule is Cc1cc(CSc2nnc(NC(C)(C)C)s2)on1. The van der Waals surface area contributed by atoms with Crippen molar-refractivity contribution in [3.8, 4) is 0 Å². The number of hydrogen-bond donors (Lipinski definition) is 1. The highest BCUT2D eigenvalue weighted by Gasteiger charge is 2.13. The number of nitrogens with one attached hydrogen (secondary N) is 1. The molecule has 0 aliphatic carbocycles. The second kappa shape index (κ2) is 5.27. The Bertz CT molecular complexity index is 515. The van der Waals surface area contributed by atoms with Crippen LogP contribution in [0.4, 0.5) is 5.13 Å². The highest BCUT2D eigenvalue weighted by molar-refractivity contribution is 8.00. The molecule has 2 heterocycles. The number of rotatable bonds is 4. The molecule has 0 spiro atoms. The molecule has 2 rings (SSSR count). The van der Waals surface area contributed by atoms with Crippen LogP contribution in [0.3, 0.4) is 0 Å². The monoisotopic (exact) mass is 284 g/mol. The van der Waals surface area contributed by atoms with Gasteiger partial charge in [0.25, 0.3) is 0 Å². The van der Waals surface area contributed by atoms with Crippen molar-refractivity contribution in [2.75, 3.05) is 5.32 Å². The highest BCUT2D eigenvalue weighted by Crippen LogP contribution is 2.29. The van der Waals surface area contributed by atoms with Gasteiger partial charge in [0, 0.05) is 11.6 Å². The lowest BCUT2D eigenvalue weighted by Gasteiger charge is -2.18. The van der Waals surface area contributed by atoms with Gasteiger partial charge in [0.2, 0.25) is 5.13 Å². The van der Waals surface area contributed by atoms with Crippen LogP contribution in [0.1, 0.15) is 32.2 Å². The first-order valence-electron chi connectivity index (χ1n) is 5.59. The molecule has 7 heteroatoms. The Labute approximate surface area is 114 Å². The standard InChI is InChI=1S/C11H16N4OS2/c1-7-5-8(16-15-7)6-17-10-14-13-9(18-10)12-11(2,3)4/h5H,6H2,1-4H3,(H,12,13). The highest BCUT2D eigenvalue weighted by atomic mass is 32.2. The first-order valence-corrected chi connectivity index (χ1v) is 7.39. The topological polar surface area (TPSA) is 63.8 Å². The van der Waals surface area contributed by atoms with E-state index in [1.807, 2.05) is 13.0 Å². The van der Waals surface area contributed by atoms with Crippen molar-refractivity contribution < 1.29 is 4.52 Å². The third-order valence-corrected chi connectivity index (χ3v) is 3.90. The van der Waals surface area contributed by atoms with Crippen LogP contribution in [-0.4, -0.2) is 20.9 Å². The Hall–Kier alpha value is -1.08. The summed E-state index contributed by atoms with van der Waals surface area (Å²) in [6.07, 6.45) is 0. The summed E-state index contributed by atoms with van der Waals surface area (Å²) in [7, 11) is 0. The molecule has 0 saturated carbocycles. The van der Waals surface area contributed by atoms with E-state index in [0.717, 1.165) is 26.7 Å². The molecule has 0 aromatic carbocycles. The number of aromatic nitrogens is 3. The summed E-state index contributed by atoms with van der Waals surface area (Å²) in [4.78, 5) is 0. The Balaban J connectivity index is 1.91. The number of nitrogens with zero attached hydrogens (tertiary/aromatic N) is 3. The average molecular weight is 284 g/mol. The summed E-state index contributed by atoms with van der Waals surface area (Å²) in [5, 5.41) is 16.2. The van der Waals surface area contributed by atoms with E-state index < -0.39 is 0 Å². The quantitative estimate of drug-likeness (QED) is 0.869. The van der Waals surface area contributed by atoms with Crippen LogP contribution in [0.2, 0.25) is 0 Å². The predicted molar refractivity (Wildman–Crippen MR) is 74.1 cm³/mol. The van der Waals surface area contributed by atoms with Gasteiger partial charge in [0.05, 0.1) is 11.4 Å². The minimum Gasteiger partial charge on any atom is -0.360 e. The van der Waals surface area contributed by atoms with Crippen molar-refractivity contribution in [2.24, 2.45) is 0 Å². The molecule has 0 saturated heterocycles. The van der Waals surface area contributed by atoms with Gasteiger partial charge in [-0.05, 0) is 27.7 Å². The molecular formula is C11H16N4OS2. The molecule has 5 nitrogen and oxygen atoms in total. The fraction of sp³-hybridized carbons (Fsp3) is 0.545. The molecule has 1 N–H and O–H groups in total. The smallest absolute Gasteiger partial charge is 0.206 e. The molecule has 0 unspecified atom stereocenters. The first-order chi connectivity index (χ1) is 8.42. The van der Waals surface area contributed by atoms with Crippen molar-refractivity contribution in [3.05, 3.63) is 17.5 Å². The second-order valence-electron chi connectivity index (χ2n) is 4.97. The molecule has 2 aromatic rings. The van der Waals surface area contributed by atoms with Crippen LogP contribution in [0.25, 0.3) is 0 Å². The molecule has 0 fully saturated rings. The van der Waals surface area contributed by atoms with Crippen LogP contribution in [0.5, 0.6) is 0 Å². The van der Waals surface area contributed by atoms with Crippen molar-refractivity contribution >= 4 is 28.2 Å². The maximum Gasteiger partial charge on any atom is 0.206 e. The maximum absolute atomic E-state index is 5.14. The van der Waals surface area contributed by atoms with Gasteiger partial charge in [0.15, 0.2) is 4.34 Å². The van der Waals surface area contributed by atoms with E-state index >= 15 is 0 Å². The molecular weight excluding hydrogens is 268 g/mol. The minimum atomic E-state index is 0.00349. The Morgan fingerprint density at radius 2 is 2.17 bits per heavy atom. The van der Waals surface area contributed by atoms with E-state index in [0.29, 0.717) is 0 Å². The van der Waals surface area contributed by atoms with Gasteiger partial charge in [-0.2, -0.15) is 0 Å². The van der Waals surface area contributed by atoms with Crippen molar-refractivity contribution in [1.82, 2.24) is 15.4 Å². The van der Waals surface area contributed by atoms with Crippen LogP contribution < -0.4 is 5.32 Å². The van der Waals surface area contributed by atoms with Gasteiger partial charge in [-0.3, -0.25) is 0 Å². The predicted octanol–water partition coefficient (Wildman–Crippen LogP) is 3.34. The fourth-order valence-corrected chi connectivity index (χ4v) is 3.09. The third kappa shape index (κ3) is 3.99. The number of anilines is 1. The van der Waals surface area contributed by atoms with Gasteiger partial charge in [-0.1, -0.05) is 28.3 Å². The van der Waals surface area contributed by atoms with Crippen LogP contribution in [0, 0.1) is 6.92 Å². The lowest BCUT2D eigenvalue weighted by atomic mass is 10.1. The van der Waals surface area contributed by atoms with E-state index in [-0.39, 0.29) is 5.54 Å². The molecule has 0 radical (unpaired) electrons. The number of aryl methyl sites for hydroxylation is 1. The van der Waals surface area contributed by atoms with Crippen molar-refractivity contribution in [3.63, 3.8) is 0 Å². The molecule has 0 amide bonds. The summed E-state index contributed by atoms with van der Waals surface area (Å²) >= 11 is 3.16. The second-order valence-corrected chi connectivity index (χ2v) is 7.17. The van der Waals surface area contributed by atoms with E-state index in [1.165, 1.54) is 0 Å². The van der Waals surface area contributed by atoms with Gasteiger partial charge in [-0.25, -0.2) is 0 Å². The number of hydrogen-bond acceptors (Lipinski definition) is 7. The van der Waals surface area contributed by atoms with Crippen molar-refractivity contribution in [2.45, 2.75) is 43.3 Å². The van der Waals surface area contributed by atoms with Crippen LogP contribution in [0.15, 0.2) is 14.9 Å². The Morgan fingerprint density at radius 1 is 1.39 bits per heavy atom. The van der Waals surface area contributed by atoms with Crippen molar-refractivity contribution in [1.29, 1.82) is 0 Å². The largest absolute Gasteiger partial charge is 0.360 e. The molecule has 2 aromatic heterocycles. The lowest BCUT2D eigenvalue weighted by molar-refractivity contribution is 0.391. The van der Waals surface area contributed by atoms with E-state index in [9.17, 15) is 0 Å². The zero-order chi connectivity index (χ0) is 13.2. The summed E-state index contributed by atoms with van der Waals surface area (Å²) in [5.41, 5.74) is 0.904. The average Bonchev–Trinajstić information content (AvgIpc) is 2.82.